The van der Waals surface area contributed by atoms with Crippen LogP contribution in [0.4, 0.5) is 4.39 Å². The summed E-state index contributed by atoms with van der Waals surface area (Å²) in [6, 6.07) is 4.16. The minimum Gasteiger partial charge on any atom is -0.508 e. The molecule has 0 unspecified atom stereocenters. The summed E-state index contributed by atoms with van der Waals surface area (Å²) in [7, 11) is 0. The number of hydrogen-bond donors (Lipinski definition) is 2. The summed E-state index contributed by atoms with van der Waals surface area (Å²) in [6.45, 7) is 4.91. The van der Waals surface area contributed by atoms with Crippen LogP contribution >= 0.6 is 0 Å². The Bertz CT molecular complexity index is 301. The van der Waals surface area contributed by atoms with Crippen LogP contribution in [0.25, 0.3) is 0 Å². The van der Waals surface area contributed by atoms with Gasteiger partial charge in [-0.3, -0.25) is 0 Å². The van der Waals surface area contributed by atoms with Crippen LogP contribution in [0.2, 0.25) is 0 Å². The van der Waals surface area contributed by atoms with Crippen molar-refractivity contribution in [1.82, 2.24) is 5.32 Å². The van der Waals surface area contributed by atoms with Gasteiger partial charge < -0.3 is 10.4 Å². The van der Waals surface area contributed by atoms with Crippen molar-refractivity contribution in [3.05, 3.63) is 29.6 Å². The van der Waals surface area contributed by atoms with Gasteiger partial charge in [0.05, 0.1) is 0 Å². The molecular weight excluding hydrogens is 181 g/mol. The normalized spacial score (nSPS) is 12.8. The van der Waals surface area contributed by atoms with Crippen LogP contribution in [-0.4, -0.2) is 11.7 Å². The van der Waals surface area contributed by atoms with E-state index in [4.69, 9.17) is 0 Å². The molecule has 0 aliphatic carbocycles. The van der Waals surface area contributed by atoms with Gasteiger partial charge in [0.25, 0.3) is 0 Å². The Hall–Kier alpha value is -1.09. The molecule has 0 saturated heterocycles. The summed E-state index contributed by atoms with van der Waals surface area (Å²) in [5.41, 5.74) is 0.736. The van der Waals surface area contributed by atoms with Crippen molar-refractivity contribution < 1.29 is 9.50 Å². The molecule has 0 amide bonds. The van der Waals surface area contributed by atoms with E-state index >= 15 is 0 Å². The second-order valence-electron chi connectivity index (χ2n) is 3.38. The Morgan fingerprint density at radius 3 is 2.79 bits per heavy atom. The van der Waals surface area contributed by atoms with Crippen molar-refractivity contribution in [2.75, 3.05) is 6.54 Å². The highest BCUT2D eigenvalue weighted by molar-refractivity contribution is 5.34. The molecule has 0 fully saturated rings. The molecule has 2 nitrogen and oxygen atoms in total. The minimum atomic E-state index is -0.408. The largest absolute Gasteiger partial charge is 0.508 e. The first-order chi connectivity index (χ1) is 6.65. The Labute approximate surface area is 83.8 Å². The first-order valence-corrected chi connectivity index (χ1v) is 4.87. The van der Waals surface area contributed by atoms with Crippen LogP contribution in [0, 0.1) is 5.82 Å². The number of phenols is 1. The first kappa shape index (κ1) is 11.0. The minimum absolute atomic E-state index is 0.0149. The molecule has 1 atom stereocenters. The number of phenolic OH excluding ortho intramolecular Hbond substituents is 1. The summed E-state index contributed by atoms with van der Waals surface area (Å²) in [4.78, 5) is 0. The van der Waals surface area contributed by atoms with Gasteiger partial charge in [0.15, 0.2) is 0 Å². The van der Waals surface area contributed by atoms with Gasteiger partial charge in [-0.25, -0.2) is 4.39 Å². The van der Waals surface area contributed by atoms with E-state index in [0.29, 0.717) is 0 Å². The van der Waals surface area contributed by atoms with Crippen LogP contribution in [0.1, 0.15) is 31.9 Å². The van der Waals surface area contributed by atoms with Gasteiger partial charge in [-0.05, 0) is 26.0 Å². The van der Waals surface area contributed by atoms with Gasteiger partial charge in [-0.2, -0.15) is 0 Å². The number of rotatable bonds is 4. The zero-order valence-electron chi connectivity index (χ0n) is 8.55. The maximum atomic E-state index is 12.7. The molecule has 0 heterocycles. The Morgan fingerprint density at radius 2 is 2.21 bits per heavy atom. The molecule has 1 aromatic carbocycles. The molecule has 14 heavy (non-hydrogen) atoms. The fourth-order valence-corrected chi connectivity index (χ4v) is 1.35. The first-order valence-electron chi connectivity index (χ1n) is 4.87. The Morgan fingerprint density at radius 1 is 1.50 bits per heavy atom. The third-order valence-corrected chi connectivity index (χ3v) is 2.16. The molecule has 0 aromatic heterocycles. The van der Waals surface area contributed by atoms with Gasteiger partial charge in [-0.1, -0.05) is 13.0 Å². The molecule has 0 saturated carbocycles. The van der Waals surface area contributed by atoms with E-state index in [-0.39, 0.29) is 11.8 Å². The summed E-state index contributed by atoms with van der Waals surface area (Å²) in [6.07, 6.45) is 1.03. The number of benzene rings is 1. The van der Waals surface area contributed by atoms with E-state index in [9.17, 15) is 9.50 Å². The molecule has 0 bridgehead atoms. The van der Waals surface area contributed by atoms with Crippen LogP contribution in [0.3, 0.4) is 0 Å². The highest BCUT2D eigenvalue weighted by atomic mass is 19.1. The smallest absolute Gasteiger partial charge is 0.126 e. The fraction of sp³-hybridized carbons (Fsp3) is 0.455. The molecule has 0 spiro atoms. The fourth-order valence-electron chi connectivity index (χ4n) is 1.35. The lowest BCUT2D eigenvalue weighted by molar-refractivity contribution is 0.447. The van der Waals surface area contributed by atoms with E-state index in [1.54, 1.807) is 6.07 Å². The van der Waals surface area contributed by atoms with Crippen molar-refractivity contribution in [2.45, 2.75) is 26.3 Å². The van der Waals surface area contributed by atoms with E-state index in [1.807, 2.05) is 6.92 Å². The second-order valence-corrected chi connectivity index (χ2v) is 3.38. The lowest BCUT2D eigenvalue weighted by Crippen LogP contribution is -2.19. The predicted octanol–water partition coefficient (Wildman–Crippen LogP) is 2.59. The quantitative estimate of drug-likeness (QED) is 0.777. The monoisotopic (exact) mass is 197 g/mol. The van der Waals surface area contributed by atoms with Crippen LogP contribution in [0.5, 0.6) is 5.75 Å². The molecule has 78 valence electrons. The molecule has 3 heteroatoms. The molecule has 2 N–H and O–H groups in total. The van der Waals surface area contributed by atoms with Gasteiger partial charge in [0, 0.05) is 17.7 Å². The average molecular weight is 197 g/mol. The van der Waals surface area contributed by atoms with Gasteiger partial charge >= 0.3 is 0 Å². The van der Waals surface area contributed by atoms with E-state index in [0.717, 1.165) is 24.6 Å². The lowest BCUT2D eigenvalue weighted by atomic mass is 10.1. The van der Waals surface area contributed by atoms with Gasteiger partial charge in [-0.15, -0.1) is 0 Å². The van der Waals surface area contributed by atoms with Crippen LogP contribution in [0.15, 0.2) is 18.2 Å². The maximum absolute atomic E-state index is 12.7. The van der Waals surface area contributed by atoms with E-state index in [2.05, 4.69) is 12.2 Å². The molecule has 0 aliphatic heterocycles. The SMILES string of the molecule is CCCN[C@H](C)c1ccc(F)cc1O. The lowest BCUT2D eigenvalue weighted by Gasteiger charge is -2.14. The highest BCUT2D eigenvalue weighted by Gasteiger charge is 2.09. The van der Waals surface area contributed by atoms with Gasteiger partial charge in [0.1, 0.15) is 11.6 Å². The number of nitrogens with one attached hydrogen (secondary N) is 1. The summed E-state index contributed by atoms with van der Waals surface area (Å²) in [5, 5.41) is 12.7. The Kier molecular flexibility index (Phi) is 3.89. The Balaban J connectivity index is 2.74. The summed E-state index contributed by atoms with van der Waals surface area (Å²) >= 11 is 0. The summed E-state index contributed by atoms with van der Waals surface area (Å²) in [5.74, 6) is -0.393. The molecule has 1 aromatic rings. The number of hydrogen-bond acceptors (Lipinski definition) is 2. The van der Waals surface area contributed by atoms with Crippen molar-refractivity contribution in [3.63, 3.8) is 0 Å². The molecular formula is C11H16FNO. The summed E-state index contributed by atoms with van der Waals surface area (Å²) < 4.78 is 12.7. The van der Waals surface area contributed by atoms with Crippen LogP contribution < -0.4 is 5.32 Å². The van der Waals surface area contributed by atoms with E-state index in [1.165, 1.54) is 6.07 Å². The van der Waals surface area contributed by atoms with Crippen molar-refractivity contribution in [1.29, 1.82) is 0 Å². The third-order valence-electron chi connectivity index (χ3n) is 2.16. The maximum Gasteiger partial charge on any atom is 0.126 e. The van der Waals surface area contributed by atoms with Gasteiger partial charge in [0.2, 0.25) is 0 Å². The number of halogens is 1. The molecule has 1 rings (SSSR count). The van der Waals surface area contributed by atoms with Crippen molar-refractivity contribution in [2.24, 2.45) is 0 Å². The average Bonchev–Trinajstić information content (AvgIpc) is 2.14. The standard InChI is InChI=1S/C11H16FNO/c1-3-6-13-8(2)10-5-4-9(12)7-11(10)14/h4-5,7-8,13-14H,3,6H2,1-2H3/t8-/m1/s1. The molecule has 0 aliphatic rings. The topological polar surface area (TPSA) is 32.3 Å². The zero-order valence-corrected chi connectivity index (χ0v) is 8.55. The van der Waals surface area contributed by atoms with Crippen LogP contribution in [-0.2, 0) is 0 Å². The highest BCUT2D eigenvalue weighted by Crippen LogP contribution is 2.24. The number of aromatic hydroxyl groups is 1. The molecule has 0 radical (unpaired) electrons. The predicted molar refractivity (Wildman–Crippen MR) is 54.8 cm³/mol. The zero-order chi connectivity index (χ0) is 10.6. The van der Waals surface area contributed by atoms with Crippen molar-refractivity contribution in [3.8, 4) is 5.75 Å². The van der Waals surface area contributed by atoms with Crippen molar-refractivity contribution >= 4 is 0 Å². The second kappa shape index (κ2) is 4.96. The third kappa shape index (κ3) is 2.70. The van der Waals surface area contributed by atoms with E-state index < -0.39 is 5.82 Å².